The van der Waals surface area contributed by atoms with E-state index in [2.05, 4.69) is 85.3 Å². The molecule has 0 fully saturated rings. The highest BCUT2D eigenvalue weighted by atomic mass is 32.1. The summed E-state index contributed by atoms with van der Waals surface area (Å²) in [5.74, 6) is 0. The lowest BCUT2D eigenvalue weighted by molar-refractivity contribution is 0.667. The van der Waals surface area contributed by atoms with Crippen molar-refractivity contribution in [1.82, 2.24) is 9.97 Å². The van der Waals surface area contributed by atoms with Gasteiger partial charge in [-0.25, -0.2) is 9.97 Å². The Labute approximate surface area is 257 Å². The molecule has 6 aromatic rings. The van der Waals surface area contributed by atoms with Gasteiger partial charge in [-0.15, -0.1) is 22.7 Å². The van der Waals surface area contributed by atoms with Gasteiger partial charge in [-0.05, 0) is 65.1 Å². The number of aryl methyl sites for hydroxylation is 2. The maximum absolute atomic E-state index is 5.48. The normalized spacial score (nSPS) is 12.0. The summed E-state index contributed by atoms with van der Waals surface area (Å²) < 4.78 is 0. The maximum Gasteiger partial charge on any atom is 0.0988 e. The van der Waals surface area contributed by atoms with Crippen molar-refractivity contribution < 1.29 is 0 Å². The molecule has 3 heterocycles. The zero-order valence-corrected chi connectivity index (χ0v) is 26.3. The van der Waals surface area contributed by atoms with Gasteiger partial charge in [0.25, 0.3) is 0 Å². The van der Waals surface area contributed by atoms with Crippen LogP contribution in [0, 0.1) is 0 Å². The van der Waals surface area contributed by atoms with Gasteiger partial charge in [-0.3, -0.25) is 0 Å². The minimum atomic E-state index is 1.02. The summed E-state index contributed by atoms with van der Waals surface area (Å²) >= 11 is 3.70. The van der Waals surface area contributed by atoms with E-state index in [4.69, 9.17) is 9.97 Å². The van der Waals surface area contributed by atoms with E-state index in [0.717, 1.165) is 35.3 Å². The van der Waals surface area contributed by atoms with Gasteiger partial charge in [0.1, 0.15) is 0 Å². The van der Waals surface area contributed by atoms with Gasteiger partial charge in [0.15, 0.2) is 0 Å². The van der Waals surface area contributed by atoms with Crippen LogP contribution in [-0.4, -0.2) is 9.97 Å². The predicted octanol–water partition coefficient (Wildman–Crippen LogP) is 12.1. The van der Waals surface area contributed by atoms with Crippen molar-refractivity contribution in [3.05, 3.63) is 82.6 Å². The summed E-state index contributed by atoms with van der Waals surface area (Å²) in [4.78, 5) is 13.5. The largest absolute Gasteiger partial charge is 0.243 e. The number of hydrogen-bond acceptors (Lipinski definition) is 4. The van der Waals surface area contributed by atoms with Crippen molar-refractivity contribution in [3.8, 4) is 43.4 Å². The fourth-order valence-electron chi connectivity index (χ4n) is 6.45. The molecule has 4 heteroatoms. The third kappa shape index (κ3) is 5.09. The van der Waals surface area contributed by atoms with E-state index in [1.54, 1.807) is 0 Å². The fraction of sp³-hybridized carbons (Fsp3) is 0.316. The summed E-state index contributed by atoms with van der Waals surface area (Å²) in [5, 5.41) is 7.24. The topological polar surface area (TPSA) is 25.8 Å². The number of rotatable bonds is 12. The molecule has 0 amide bonds. The zero-order valence-electron chi connectivity index (χ0n) is 24.7. The Hall–Kier alpha value is -3.34. The first kappa shape index (κ1) is 27.5. The molecule has 0 N–H and O–H groups in total. The molecule has 0 saturated carbocycles. The Bertz CT molecular complexity index is 1740. The third-order valence-corrected chi connectivity index (χ3v) is 10.7. The smallest absolute Gasteiger partial charge is 0.0988 e. The molecule has 212 valence electrons. The van der Waals surface area contributed by atoms with E-state index in [-0.39, 0.29) is 0 Å². The van der Waals surface area contributed by atoms with E-state index in [9.17, 15) is 0 Å². The Morgan fingerprint density at radius 1 is 0.548 bits per heavy atom. The van der Waals surface area contributed by atoms with Crippen molar-refractivity contribution in [2.24, 2.45) is 0 Å². The molecule has 2 nitrogen and oxygen atoms in total. The standard InChI is InChI=1S/C38H38N2S2/c1-3-5-7-9-13-25-21-32(41-23-25)28-19-20-29(33-22-26(24-42-33)14-10-8-6-4-2)36-35(28)39-37-30-17-11-15-27-16-12-18-31(34(27)30)38(37)40-36/h11-12,15-24H,3-10,13-14H2,1-2H3. The van der Waals surface area contributed by atoms with Crippen LogP contribution in [0.15, 0.2) is 71.4 Å². The molecule has 1 aliphatic carbocycles. The number of hydrogen-bond donors (Lipinski definition) is 0. The Morgan fingerprint density at radius 3 is 1.52 bits per heavy atom. The van der Waals surface area contributed by atoms with E-state index >= 15 is 0 Å². The van der Waals surface area contributed by atoms with Crippen LogP contribution in [0.2, 0.25) is 0 Å². The van der Waals surface area contributed by atoms with Crippen LogP contribution in [0.3, 0.4) is 0 Å². The Morgan fingerprint density at radius 2 is 1.05 bits per heavy atom. The maximum atomic E-state index is 5.48. The highest BCUT2D eigenvalue weighted by Crippen LogP contribution is 2.48. The minimum absolute atomic E-state index is 1.02. The van der Waals surface area contributed by atoms with E-state index in [0.29, 0.717) is 0 Å². The number of fused-ring (bicyclic) bond motifs is 4. The monoisotopic (exact) mass is 586 g/mol. The van der Waals surface area contributed by atoms with Gasteiger partial charge in [-0.1, -0.05) is 101 Å². The summed E-state index contributed by atoms with van der Waals surface area (Å²) in [6.45, 7) is 4.55. The van der Waals surface area contributed by atoms with E-state index < -0.39 is 0 Å². The molecule has 0 radical (unpaired) electrons. The number of thiophene rings is 2. The second-order valence-electron chi connectivity index (χ2n) is 11.7. The molecule has 0 unspecified atom stereocenters. The first-order chi connectivity index (χ1) is 20.7. The number of aromatic nitrogens is 2. The van der Waals surface area contributed by atoms with Crippen molar-refractivity contribution in [2.75, 3.05) is 0 Å². The van der Waals surface area contributed by atoms with E-state index in [1.165, 1.54) is 105 Å². The summed E-state index contributed by atoms with van der Waals surface area (Å²) in [7, 11) is 0. The molecule has 7 rings (SSSR count). The molecule has 0 atom stereocenters. The second kappa shape index (κ2) is 12.1. The fourth-order valence-corrected chi connectivity index (χ4v) is 8.40. The first-order valence-corrected chi connectivity index (χ1v) is 17.5. The average molecular weight is 587 g/mol. The Kier molecular flexibility index (Phi) is 7.92. The van der Waals surface area contributed by atoms with Crippen LogP contribution in [0.5, 0.6) is 0 Å². The minimum Gasteiger partial charge on any atom is -0.243 e. The Balaban J connectivity index is 1.34. The van der Waals surface area contributed by atoms with Gasteiger partial charge in [0, 0.05) is 37.4 Å². The van der Waals surface area contributed by atoms with Crippen LogP contribution in [0.25, 0.3) is 65.2 Å². The third-order valence-electron chi connectivity index (χ3n) is 8.71. The van der Waals surface area contributed by atoms with Crippen molar-refractivity contribution >= 4 is 44.5 Å². The van der Waals surface area contributed by atoms with Crippen LogP contribution < -0.4 is 0 Å². The van der Waals surface area contributed by atoms with Gasteiger partial charge in [-0.2, -0.15) is 0 Å². The molecule has 3 aromatic carbocycles. The molecule has 1 aliphatic rings. The molecule has 0 saturated heterocycles. The lowest BCUT2D eigenvalue weighted by Gasteiger charge is -2.11. The molecule has 42 heavy (non-hydrogen) atoms. The molecule has 0 spiro atoms. The van der Waals surface area contributed by atoms with Crippen LogP contribution in [0.4, 0.5) is 0 Å². The number of unbranched alkanes of at least 4 members (excludes halogenated alkanes) is 6. The van der Waals surface area contributed by atoms with Crippen molar-refractivity contribution in [1.29, 1.82) is 0 Å². The number of nitrogens with zero attached hydrogens (tertiary/aromatic N) is 2. The van der Waals surface area contributed by atoms with Gasteiger partial charge >= 0.3 is 0 Å². The second-order valence-corrected chi connectivity index (χ2v) is 13.6. The van der Waals surface area contributed by atoms with E-state index in [1.807, 2.05) is 22.7 Å². The highest BCUT2D eigenvalue weighted by Gasteiger charge is 2.26. The highest BCUT2D eigenvalue weighted by molar-refractivity contribution is 7.14. The summed E-state index contributed by atoms with van der Waals surface area (Å²) in [6.07, 6.45) is 12.6. The number of benzene rings is 3. The van der Waals surface area contributed by atoms with Crippen LogP contribution >= 0.6 is 22.7 Å². The summed E-state index contributed by atoms with van der Waals surface area (Å²) in [6, 6.07) is 22.5. The lowest BCUT2D eigenvalue weighted by atomic mass is 10.0. The van der Waals surface area contributed by atoms with Gasteiger partial charge in [0.2, 0.25) is 0 Å². The van der Waals surface area contributed by atoms with Crippen molar-refractivity contribution in [3.63, 3.8) is 0 Å². The molecule has 3 aromatic heterocycles. The van der Waals surface area contributed by atoms with Crippen LogP contribution in [0.1, 0.15) is 76.3 Å². The molecular formula is C38H38N2S2. The lowest BCUT2D eigenvalue weighted by Crippen LogP contribution is -1.95. The zero-order chi connectivity index (χ0) is 28.5. The SMILES string of the molecule is CCCCCCc1csc(-c2ccc(-c3cc(CCCCCC)cs3)c3nc4c(nc23)-c2cccc3cccc-4c23)c1. The van der Waals surface area contributed by atoms with Crippen LogP contribution in [-0.2, 0) is 12.8 Å². The predicted molar refractivity (Wildman–Crippen MR) is 184 cm³/mol. The molecule has 0 aliphatic heterocycles. The van der Waals surface area contributed by atoms with Crippen molar-refractivity contribution in [2.45, 2.75) is 78.1 Å². The molecular weight excluding hydrogens is 549 g/mol. The summed E-state index contributed by atoms with van der Waals surface area (Å²) in [5.41, 5.74) is 11.8. The van der Waals surface area contributed by atoms with Gasteiger partial charge in [0.05, 0.1) is 22.4 Å². The quantitative estimate of drug-likeness (QED) is 0.133. The first-order valence-electron chi connectivity index (χ1n) is 15.8. The molecule has 0 bridgehead atoms. The van der Waals surface area contributed by atoms with Gasteiger partial charge < -0.3 is 0 Å². The average Bonchev–Trinajstić information content (AvgIpc) is 3.76.